The van der Waals surface area contributed by atoms with Crippen molar-refractivity contribution in [1.82, 2.24) is 5.43 Å². The standard InChI is InChI=1S/C12H16F4N2O2/c1-19-10-4-2-3-8(11(10)13)5-9(18-17)6-20-7-12(14,15)16/h2-4,9,18H,5-7,17H2,1H3. The summed E-state index contributed by atoms with van der Waals surface area (Å²) in [5.41, 5.74) is 2.58. The zero-order chi connectivity index (χ0) is 15.2. The third-order valence-corrected chi connectivity index (χ3v) is 2.55. The first-order valence-electron chi connectivity index (χ1n) is 5.79. The molecule has 0 fully saturated rings. The maximum Gasteiger partial charge on any atom is 0.411 e. The molecular weight excluding hydrogens is 280 g/mol. The van der Waals surface area contributed by atoms with E-state index >= 15 is 0 Å². The van der Waals surface area contributed by atoms with Gasteiger partial charge in [-0.25, -0.2) is 4.39 Å². The number of hydrogen-bond donors (Lipinski definition) is 2. The van der Waals surface area contributed by atoms with E-state index in [1.54, 1.807) is 6.07 Å². The first-order chi connectivity index (χ1) is 9.37. The van der Waals surface area contributed by atoms with Gasteiger partial charge >= 0.3 is 6.18 Å². The summed E-state index contributed by atoms with van der Waals surface area (Å²) in [6.07, 6.45) is -4.32. The fraction of sp³-hybridized carbons (Fsp3) is 0.500. The van der Waals surface area contributed by atoms with Crippen molar-refractivity contribution < 1.29 is 27.0 Å². The predicted molar refractivity (Wildman–Crippen MR) is 64.6 cm³/mol. The van der Waals surface area contributed by atoms with Crippen LogP contribution in [0.25, 0.3) is 0 Å². The maximum atomic E-state index is 13.9. The minimum Gasteiger partial charge on any atom is -0.494 e. The lowest BCUT2D eigenvalue weighted by Crippen LogP contribution is -2.41. The summed E-state index contributed by atoms with van der Waals surface area (Å²) in [5, 5.41) is 0. The summed E-state index contributed by atoms with van der Waals surface area (Å²) < 4.78 is 59.0. The molecule has 1 atom stereocenters. The molecule has 0 heterocycles. The molecule has 0 radical (unpaired) electrons. The lowest BCUT2D eigenvalue weighted by atomic mass is 10.1. The predicted octanol–water partition coefficient (Wildman–Crippen LogP) is 1.79. The van der Waals surface area contributed by atoms with Crippen LogP contribution >= 0.6 is 0 Å². The molecule has 8 heteroatoms. The Kier molecular flexibility index (Phi) is 6.18. The number of hydrogen-bond acceptors (Lipinski definition) is 4. The van der Waals surface area contributed by atoms with E-state index in [1.807, 2.05) is 0 Å². The number of nitrogens with two attached hydrogens (primary N) is 1. The fourth-order valence-electron chi connectivity index (χ4n) is 1.62. The normalized spacial score (nSPS) is 13.3. The largest absolute Gasteiger partial charge is 0.494 e. The molecule has 20 heavy (non-hydrogen) atoms. The van der Waals surface area contributed by atoms with Gasteiger partial charge < -0.3 is 9.47 Å². The highest BCUT2D eigenvalue weighted by Crippen LogP contribution is 2.21. The smallest absolute Gasteiger partial charge is 0.411 e. The highest BCUT2D eigenvalue weighted by molar-refractivity contribution is 5.31. The van der Waals surface area contributed by atoms with Crippen LogP contribution < -0.4 is 16.0 Å². The Balaban J connectivity index is 2.60. The van der Waals surface area contributed by atoms with Crippen molar-refractivity contribution >= 4 is 0 Å². The average molecular weight is 296 g/mol. The van der Waals surface area contributed by atoms with Gasteiger partial charge in [0.05, 0.1) is 13.7 Å². The van der Waals surface area contributed by atoms with E-state index in [0.717, 1.165) is 0 Å². The van der Waals surface area contributed by atoms with Crippen molar-refractivity contribution in [3.05, 3.63) is 29.6 Å². The summed E-state index contributed by atoms with van der Waals surface area (Å²) >= 11 is 0. The number of hydrazine groups is 1. The molecule has 3 N–H and O–H groups in total. The average Bonchev–Trinajstić information content (AvgIpc) is 2.38. The lowest BCUT2D eigenvalue weighted by molar-refractivity contribution is -0.175. The Morgan fingerprint density at radius 1 is 1.35 bits per heavy atom. The van der Waals surface area contributed by atoms with Crippen molar-refractivity contribution in [2.45, 2.75) is 18.6 Å². The third kappa shape index (κ3) is 5.32. The van der Waals surface area contributed by atoms with Crippen LogP contribution in [0.15, 0.2) is 18.2 Å². The number of rotatable bonds is 7. The van der Waals surface area contributed by atoms with Crippen LogP contribution in [0.5, 0.6) is 5.75 Å². The van der Waals surface area contributed by atoms with Gasteiger partial charge in [-0.2, -0.15) is 13.2 Å². The minimum absolute atomic E-state index is 0.0643. The topological polar surface area (TPSA) is 56.5 Å². The van der Waals surface area contributed by atoms with Gasteiger partial charge in [0.1, 0.15) is 6.61 Å². The molecule has 0 aliphatic carbocycles. The first kappa shape index (κ1) is 16.7. The van der Waals surface area contributed by atoms with E-state index in [4.69, 9.17) is 10.6 Å². The van der Waals surface area contributed by atoms with Gasteiger partial charge in [0.2, 0.25) is 0 Å². The van der Waals surface area contributed by atoms with Gasteiger partial charge in [-0.1, -0.05) is 12.1 Å². The van der Waals surface area contributed by atoms with Gasteiger partial charge in [-0.15, -0.1) is 0 Å². The molecule has 1 aromatic carbocycles. The molecule has 0 aliphatic heterocycles. The number of alkyl halides is 3. The van der Waals surface area contributed by atoms with Crippen LogP contribution in [-0.4, -0.2) is 32.5 Å². The van der Waals surface area contributed by atoms with Gasteiger partial charge in [0.25, 0.3) is 0 Å². The number of ether oxygens (including phenoxy) is 2. The molecule has 1 rings (SSSR count). The van der Waals surface area contributed by atoms with E-state index in [9.17, 15) is 17.6 Å². The molecule has 0 bridgehead atoms. The van der Waals surface area contributed by atoms with Crippen molar-refractivity contribution in [2.24, 2.45) is 5.84 Å². The van der Waals surface area contributed by atoms with Gasteiger partial charge in [0.15, 0.2) is 11.6 Å². The van der Waals surface area contributed by atoms with Gasteiger partial charge in [-0.05, 0) is 18.1 Å². The van der Waals surface area contributed by atoms with E-state index in [1.165, 1.54) is 19.2 Å². The summed E-state index contributed by atoms with van der Waals surface area (Å²) in [5.74, 6) is 4.73. The second-order valence-electron chi connectivity index (χ2n) is 4.13. The Morgan fingerprint density at radius 2 is 2.05 bits per heavy atom. The Labute approximate surface area is 113 Å². The van der Waals surface area contributed by atoms with E-state index < -0.39 is 24.6 Å². The SMILES string of the molecule is COc1cccc(CC(COCC(F)(F)F)NN)c1F. The lowest BCUT2D eigenvalue weighted by Gasteiger charge is -2.17. The fourth-order valence-corrected chi connectivity index (χ4v) is 1.62. The number of benzene rings is 1. The first-order valence-corrected chi connectivity index (χ1v) is 5.79. The number of halogens is 4. The van der Waals surface area contributed by atoms with Crippen LogP contribution in [0.2, 0.25) is 0 Å². The number of nitrogens with one attached hydrogen (secondary N) is 1. The zero-order valence-corrected chi connectivity index (χ0v) is 10.8. The van der Waals surface area contributed by atoms with Crippen LogP contribution in [0.3, 0.4) is 0 Å². The Bertz CT molecular complexity index is 426. The van der Waals surface area contributed by atoms with Gasteiger partial charge in [0, 0.05) is 6.04 Å². The molecule has 0 aromatic heterocycles. The molecule has 0 spiro atoms. The molecule has 1 unspecified atom stereocenters. The van der Waals surface area contributed by atoms with Crippen molar-refractivity contribution in [1.29, 1.82) is 0 Å². The molecule has 4 nitrogen and oxygen atoms in total. The second-order valence-corrected chi connectivity index (χ2v) is 4.13. The molecule has 0 saturated heterocycles. The molecule has 1 aromatic rings. The Hall–Kier alpha value is -1.38. The van der Waals surface area contributed by atoms with Crippen LogP contribution in [0, 0.1) is 5.82 Å². The van der Waals surface area contributed by atoms with Crippen molar-refractivity contribution in [2.75, 3.05) is 20.3 Å². The minimum atomic E-state index is -4.40. The summed E-state index contributed by atoms with van der Waals surface area (Å²) in [6.45, 7) is -1.65. The highest BCUT2D eigenvalue weighted by atomic mass is 19.4. The van der Waals surface area contributed by atoms with Crippen LogP contribution in [0.1, 0.15) is 5.56 Å². The van der Waals surface area contributed by atoms with Crippen LogP contribution in [0.4, 0.5) is 17.6 Å². The molecule has 114 valence electrons. The third-order valence-electron chi connectivity index (χ3n) is 2.55. The zero-order valence-electron chi connectivity index (χ0n) is 10.8. The van der Waals surface area contributed by atoms with E-state index in [2.05, 4.69) is 10.2 Å². The number of methoxy groups -OCH3 is 1. The van der Waals surface area contributed by atoms with E-state index in [-0.39, 0.29) is 24.3 Å². The highest BCUT2D eigenvalue weighted by Gasteiger charge is 2.28. The monoisotopic (exact) mass is 296 g/mol. The molecule has 0 saturated carbocycles. The van der Waals surface area contributed by atoms with Crippen molar-refractivity contribution in [3.8, 4) is 5.75 Å². The van der Waals surface area contributed by atoms with Crippen molar-refractivity contribution in [3.63, 3.8) is 0 Å². The second kappa shape index (κ2) is 7.41. The van der Waals surface area contributed by atoms with E-state index in [0.29, 0.717) is 0 Å². The maximum absolute atomic E-state index is 13.9. The van der Waals surface area contributed by atoms with Crippen LogP contribution in [-0.2, 0) is 11.2 Å². The molecule has 0 amide bonds. The molecule has 0 aliphatic rings. The summed E-state index contributed by atoms with van der Waals surface area (Å²) in [4.78, 5) is 0. The Morgan fingerprint density at radius 3 is 2.60 bits per heavy atom. The van der Waals surface area contributed by atoms with Gasteiger partial charge in [-0.3, -0.25) is 11.3 Å². The summed E-state index contributed by atoms with van der Waals surface area (Å²) in [7, 11) is 1.33. The molecular formula is C12H16F4N2O2. The summed E-state index contributed by atoms with van der Waals surface area (Å²) in [6, 6.07) is 3.90. The quantitative estimate of drug-likeness (QED) is 0.457.